The quantitative estimate of drug-likeness (QED) is 0.107. The summed E-state index contributed by atoms with van der Waals surface area (Å²) in [6.07, 6.45) is 16.0. The van der Waals surface area contributed by atoms with E-state index in [-0.39, 0.29) is 0 Å². The lowest BCUT2D eigenvalue weighted by Crippen LogP contribution is -2.67. The highest BCUT2D eigenvalue weighted by Gasteiger charge is 2.76. The monoisotopic (exact) mass is 848 g/mol. The Kier molecular flexibility index (Phi) is 11.3. The van der Waals surface area contributed by atoms with Crippen LogP contribution < -0.4 is 0 Å². The molecule has 4 aliphatic rings. The Labute approximate surface area is 392 Å². The molecule has 8 aromatic rings. The van der Waals surface area contributed by atoms with Crippen molar-refractivity contribution >= 4 is 46.6 Å². The third-order valence-corrected chi connectivity index (χ3v) is 15.3. The van der Waals surface area contributed by atoms with Gasteiger partial charge in [0.05, 0.1) is 0 Å². The molecule has 4 fully saturated rings. The van der Waals surface area contributed by atoms with Gasteiger partial charge in [-0.25, -0.2) is 0 Å². The molecule has 4 aliphatic carbocycles. The van der Waals surface area contributed by atoms with Crippen molar-refractivity contribution in [2.24, 2.45) is 28.1 Å². The van der Waals surface area contributed by atoms with Crippen molar-refractivity contribution < 1.29 is 0 Å². The summed E-state index contributed by atoms with van der Waals surface area (Å²) < 4.78 is 0. The van der Waals surface area contributed by atoms with Gasteiger partial charge in [0.15, 0.2) is 0 Å². The van der Waals surface area contributed by atoms with Gasteiger partial charge in [0, 0.05) is 16.2 Å². The Morgan fingerprint density at radius 2 is 0.485 bits per heavy atom. The van der Waals surface area contributed by atoms with E-state index in [4.69, 9.17) is 0 Å². The fraction of sp³-hybridized carbons (Fsp3) is 0.152. The van der Waals surface area contributed by atoms with Crippen molar-refractivity contribution in [1.29, 1.82) is 0 Å². The molecule has 0 heterocycles. The van der Waals surface area contributed by atoms with Gasteiger partial charge in [-0.2, -0.15) is 0 Å². The summed E-state index contributed by atoms with van der Waals surface area (Å²) in [7, 11) is 0. The molecule has 0 amide bonds. The number of allylic oxidation sites excluding steroid dienone is 4. The van der Waals surface area contributed by atoms with Gasteiger partial charge in [-0.15, -0.1) is 0 Å². The van der Waals surface area contributed by atoms with Crippen LogP contribution in [0.4, 0.5) is 0 Å². The highest BCUT2D eigenvalue weighted by atomic mass is 14.8. The van der Waals surface area contributed by atoms with Gasteiger partial charge in [-0.3, -0.25) is 0 Å². The summed E-state index contributed by atoms with van der Waals surface area (Å²) in [5, 5.41) is 0. The lowest BCUT2D eigenvalue weighted by molar-refractivity contribution is -0.118. The molecule has 0 unspecified atom stereocenters. The molecule has 0 spiro atoms. The zero-order chi connectivity index (χ0) is 44.2. The topological polar surface area (TPSA) is 0 Å². The van der Waals surface area contributed by atoms with E-state index in [0.717, 1.165) is 25.7 Å². The van der Waals surface area contributed by atoms with E-state index in [1.807, 2.05) is 0 Å². The second kappa shape index (κ2) is 17.9. The van der Waals surface area contributed by atoms with E-state index >= 15 is 0 Å². The van der Waals surface area contributed by atoms with Gasteiger partial charge in [0.1, 0.15) is 0 Å². The van der Waals surface area contributed by atoms with Crippen LogP contribution in [-0.2, 0) is 0 Å². The second-order valence-corrected chi connectivity index (χ2v) is 19.0. The average Bonchev–Trinajstić information content (AvgIpc) is 3.38. The van der Waals surface area contributed by atoms with Crippen molar-refractivity contribution in [3.63, 3.8) is 0 Å². The van der Waals surface area contributed by atoms with Crippen molar-refractivity contribution in [3.05, 3.63) is 287 Å². The Bertz CT molecular complexity index is 2780. The maximum atomic E-state index is 2.61. The molecular weight excluding hydrogens is 793 g/mol. The number of hydrogen-bond acceptors (Lipinski definition) is 0. The number of benzene rings is 8. The number of hydrogen-bond donors (Lipinski definition) is 0. The molecule has 0 atom stereocenters. The van der Waals surface area contributed by atoms with E-state index in [1.54, 1.807) is 0 Å². The van der Waals surface area contributed by atoms with Gasteiger partial charge < -0.3 is 0 Å². The predicted octanol–water partition coefficient (Wildman–Crippen LogP) is 17.1. The summed E-state index contributed by atoms with van der Waals surface area (Å²) in [5.41, 5.74) is 14.2. The predicted molar refractivity (Wildman–Crippen MR) is 280 cm³/mol. The minimum atomic E-state index is -0.658. The van der Waals surface area contributed by atoms with E-state index in [2.05, 4.69) is 267 Å². The van der Waals surface area contributed by atoms with Crippen molar-refractivity contribution in [2.75, 3.05) is 0 Å². The Morgan fingerprint density at radius 1 is 0.273 bits per heavy atom. The lowest BCUT2D eigenvalue weighted by Gasteiger charge is -2.75. The normalized spacial score (nSPS) is 24.0. The van der Waals surface area contributed by atoms with E-state index in [1.165, 1.54) is 73.2 Å². The molecule has 4 bridgehead atoms. The van der Waals surface area contributed by atoms with Crippen LogP contribution in [0.2, 0.25) is 0 Å². The zero-order valence-corrected chi connectivity index (χ0v) is 37.6. The maximum Gasteiger partial charge on any atom is 0.0408 e. The van der Waals surface area contributed by atoms with Crippen molar-refractivity contribution in [2.45, 2.75) is 32.1 Å². The third kappa shape index (κ3) is 7.36. The minimum absolute atomic E-state index is 0.397. The van der Waals surface area contributed by atoms with Crippen LogP contribution in [0.15, 0.2) is 243 Å². The highest BCUT2D eigenvalue weighted by molar-refractivity contribution is 6.07. The molecular formula is C66H56. The van der Waals surface area contributed by atoms with Crippen LogP contribution in [0, 0.1) is 28.1 Å². The van der Waals surface area contributed by atoms with Crippen LogP contribution in [0.5, 0.6) is 0 Å². The Balaban J connectivity index is 1.41. The molecule has 0 N–H and O–H groups in total. The van der Waals surface area contributed by atoms with Crippen LogP contribution in [0.1, 0.15) is 76.6 Å². The van der Waals surface area contributed by atoms with Crippen LogP contribution in [-0.4, -0.2) is 0 Å². The SMILES string of the molecule is C(=C(c1ccccc1)C12CC3CC(C1)CC(C(=Cc1ccccc1)c1ccccc1)(C3)C2(C(=Cc1ccccc1)c1ccccc1)C(=Cc1ccccc1)c1ccccc1)c1ccccc1. The minimum Gasteiger partial charge on any atom is -0.0622 e. The second-order valence-electron chi connectivity index (χ2n) is 19.0. The van der Waals surface area contributed by atoms with Crippen LogP contribution >= 0.6 is 0 Å². The molecule has 0 saturated heterocycles. The van der Waals surface area contributed by atoms with Gasteiger partial charge in [0.2, 0.25) is 0 Å². The van der Waals surface area contributed by atoms with Crippen molar-refractivity contribution in [3.8, 4) is 0 Å². The van der Waals surface area contributed by atoms with Gasteiger partial charge in [-0.1, -0.05) is 267 Å². The highest BCUT2D eigenvalue weighted by Crippen LogP contribution is 2.85. The number of rotatable bonds is 12. The van der Waals surface area contributed by atoms with Crippen molar-refractivity contribution in [1.82, 2.24) is 0 Å². The molecule has 66 heavy (non-hydrogen) atoms. The first-order chi connectivity index (χ1) is 32.6. The van der Waals surface area contributed by atoms with E-state index < -0.39 is 16.2 Å². The molecule has 0 aromatic heterocycles. The van der Waals surface area contributed by atoms with Gasteiger partial charge in [0.25, 0.3) is 0 Å². The molecule has 0 nitrogen and oxygen atoms in total. The standard InChI is InChI=1S/C66H56/c1-9-25-50(26-10-1)42-60(56-33-17-5-18-34-56)64-46-54-41-55(47-64)49-65(48-54,61(57-35-19-6-20-36-57)43-51-27-11-2-12-28-51)66(64,62(58-37-21-7-22-38-58)44-52-29-13-3-14-30-52)63(59-39-23-8-24-40-59)45-53-31-15-4-16-32-53/h1-40,42-45,54-55H,41,46-49H2. The van der Waals surface area contributed by atoms with Gasteiger partial charge >= 0.3 is 0 Å². The summed E-state index contributed by atoms with van der Waals surface area (Å²) in [5.74, 6) is 1.03. The Hall–Kier alpha value is -7.28. The molecule has 0 radical (unpaired) electrons. The first-order valence-corrected chi connectivity index (χ1v) is 24.0. The molecule has 0 heteroatoms. The largest absolute Gasteiger partial charge is 0.0622 e. The third-order valence-electron chi connectivity index (χ3n) is 15.3. The first kappa shape index (κ1) is 41.4. The lowest BCUT2D eigenvalue weighted by atomic mass is 9.27. The molecule has 0 aliphatic heterocycles. The fourth-order valence-electron chi connectivity index (χ4n) is 13.3. The average molecular weight is 849 g/mol. The molecule has 8 aromatic carbocycles. The Morgan fingerprint density at radius 3 is 0.742 bits per heavy atom. The summed E-state index contributed by atoms with van der Waals surface area (Å²) in [6, 6.07) is 90.7. The summed E-state index contributed by atoms with van der Waals surface area (Å²) >= 11 is 0. The molecule has 320 valence electrons. The van der Waals surface area contributed by atoms with E-state index in [0.29, 0.717) is 11.8 Å². The maximum absolute atomic E-state index is 2.61. The van der Waals surface area contributed by atoms with Crippen LogP contribution in [0.25, 0.3) is 46.6 Å². The fourth-order valence-corrected chi connectivity index (χ4v) is 13.3. The summed E-state index contributed by atoms with van der Waals surface area (Å²) in [4.78, 5) is 0. The molecule has 4 saturated carbocycles. The van der Waals surface area contributed by atoms with Crippen LogP contribution in [0.3, 0.4) is 0 Å². The zero-order valence-electron chi connectivity index (χ0n) is 37.6. The van der Waals surface area contributed by atoms with Gasteiger partial charge in [-0.05, 0) is 111 Å². The smallest absolute Gasteiger partial charge is 0.0408 e. The first-order valence-electron chi connectivity index (χ1n) is 24.0. The molecule has 12 rings (SSSR count). The summed E-state index contributed by atoms with van der Waals surface area (Å²) in [6.45, 7) is 0. The van der Waals surface area contributed by atoms with E-state index in [9.17, 15) is 0 Å².